The van der Waals surface area contributed by atoms with Crippen LogP contribution in [0.3, 0.4) is 0 Å². The number of rotatable bonds is 2. The molecule has 0 saturated carbocycles. The zero-order valence-electron chi connectivity index (χ0n) is 14.7. The van der Waals surface area contributed by atoms with Gasteiger partial charge in [0.25, 0.3) is 11.8 Å². The SMILES string of the molecule is CN1CCC(C)(c2ccc(N3C(=O)c4ccccc4C3=O)cc2)CC1. The molecule has 0 aliphatic carbocycles. The van der Waals surface area contributed by atoms with Crippen molar-refractivity contribution < 1.29 is 9.59 Å². The van der Waals surface area contributed by atoms with Gasteiger partial charge in [0, 0.05) is 0 Å². The Morgan fingerprint density at radius 1 is 0.840 bits per heavy atom. The van der Waals surface area contributed by atoms with Crippen molar-refractivity contribution in [3.05, 3.63) is 65.2 Å². The number of fused-ring (bicyclic) bond motifs is 1. The third kappa shape index (κ3) is 2.57. The summed E-state index contributed by atoms with van der Waals surface area (Å²) in [6, 6.07) is 15.0. The van der Waals surface area contributed by atoms with E-state index in [1.54, 1.807) is 24.3 Å². The Labute approximate surface area is 148 Å². The number of imide groups is 1. The minimum atomic E-state index is -0.237. The number of benzene rings is 2. The van der Waals surface area contributed by atoms with Crippen molar-refractivity contribution >= 4 is 17.5 Å². The molecule has 4 rings (SSSR count). The van der Waals surface area contributed by atoms with E-state index in [0.717, 1.165) is 25.9 Å². The fourth-order valence-corrected chi connectivity index (χ4v) is 3.84. The van der Waals surface area contributed by atoms with Crippen LogP contribution in [0, 0.1) is 0 Å². The van der Waals surface area contributed by atoms with E-state index in [4.69, 9.17) is 0 Å². The lowest BCUT2D eigenvalue weighted by molar-refractivity contribution is 0.0926. The first-order chi connectivity index (χ1) is 12.0. The summed E-state index contributed by atoms with van der Waals surface area (Å²) < 4.78 is 0. The number of carbonyl (C=O) groups excluding carboxylic acids is 2. The Hall–Kier alpha value is -2.46. The summed E-state index contributed by atoms with van der Waals surface area (Å²) in [5.74, 6) is -0.474. The average Bonchev–Trinajstić information content (AvgIpc) is 2.89. The molecule has 2 aliphatic rings. The summed E-state index contributed by atoms with van der Waals surface area (Å²) >= 11 is 0. The van der Waals surface area contributed by atoms with Crippen LogP contribution in [0.4, 0.5) is 5.69 Å². The summed E-state index contributed by atoms with van der Waals surface area (Å²) in [7, 11) is 2.16. The second-order valence-corrected chi connectivity index (χ2v) is 7.40. The second-order valence-electron chi connectivity index (χ2n) is 7.40. The fourth-order valence-electron chi connectivity index (χ4n) is 3.84. The molecule has 0 aromatic heterocycles. The van der Waals surface area contributed by atoms with Crippen LogP contribution in [0.2, 0.25) is 0 Å². The molecule has 25 heavy (non-hydrogen) atoms. The molecular weight excluding hydrogens is 312 g/mol. The van der Waals surface area contributed by atoms with Crippen LogP contribution in [0.15, 0.2) is 48.5 Å². The molecule has 1 fully saturated rings. The summed E-state index contributed by atoms with van der Waals surface area (Å²) in [5, 5.41) is 0. The number of nitrogens with zero attached hydrogens (tertiary/aromatic N) is 2. The van der Waals surface area contributed by atoms with Crippen molar-refractivity contribution in [2.75, 3.05) is 25.0 Å². The monoisotopic (exact) mass is 334 g/mol. The van der Waals surface area contributed by atoms with Crippen molar-refractivity contribution in [1.29, 1.82) is 0 Å². The molecule has 2 amide bonds. The van der Waals surface area contributed by atoms with Gasteiger partial charge in [-0.15, -0.1) is 0 Å². The van der Waals surface area contributed by atoms with Gasteiger partial charge in [-0.3, -0.25) is 9.59 Å². The molecule has 0 bridgehead atoms. The first-order valence-electron chi connectivity index (χ1n) is 8.76. The van der Waals surface area contributed by atoms with Crippen LogP contribution in [0.5, 0.6) is 0 Å². The van der Waals surface area contributed by atoms with Crippen molar-refractivity contribution in [1.82, 2.24) is 4.90 Å². The van der Waals surface area contributed by atoms with Crippen LogP contribution in [0.1, 0.15) is 46.0 Å². The maximum Gasteiger partial charge on any atom is 0.266 e. The van der Waals surface area contributed by atoms with E-state index in [2.05, 4.69) is 31.0 Å². The lowest BCUT2D eigenvalue weighted by atomic mass is 9.74. The summed E-state index contributed by atoms with van der Waals surface area (Å²) in [4.78, 5) is 28.8. The number of anilines is 1. The Balaban J connectivity index is 1.62. The number of amides is 2. The maximum absolute atomic E-state index is 12.6. The summed E-state index contributed by atoms with van der Waals surface area (Å²) in [6.07, 6.45) is 2.24. The summed E-state index contributed by atoms with van der Waals surface area (Å²) in [6.45, 7) is 4.49. The average molecular weight is 334 g/mol. The number of carbonyl (C=O) groups is 2. The topological polar surface area (TPSA) is 40.6 Å². The molecule has 2 aromatic carbocycles. The lowest BCUT2D eigenvalue weighted by Gasteiger charge is -2.38. The Morgan fingerprint density at radius 3 is 1.88 bits per heavy atom. The standard InChI is InChI=1S/C21H22N2O2/c1-21(11-13-22(2)14-12-21)15-7-9-16(10-8-15)23-19(24)17-5-3-4-6-18(17)20(23)25/h3-10H,11-14H2,1-2H3. The molecule has 0 radical (unpaired) electrons. The zero-order valence-corrected chi connectivity index (χ0v) is 14.7. The van der Waals surface area contributed by atoms with Crippen LogP contribution < -0.4 is 4.90 Å². The molecule has 128 valence electrons. The highest BCUT2D eigenvalue weighted by molar-refractivity contribution is 6.34. The van der Waals surface area contributed by atoms with Gasteiger partial charge in [0.15, 0.2) is 0 Å². The minimum Gasteiger partial charge on any atom is -0.306 e. The molecule has 4 heteroatoms. The van der Waals surface area contributed by atoms with Gasteiger partial charge in [-0.25, -0.2) is 4.90 Å². The molecule has 1 saturated heterocycles. The highest BCUT2D eigenvalue weighted by Gasteiger charge is 2.36. The van der Waals surface area contributed by atoms with Crippen LogP contribution in [-0.2, 0) is 5.41 Å². The maximum atomic E-state index is 12.6. The second kappa shape index (κ2) is 5.81. The van der Waals surface area contributed by atoms with E-state index in [1.165, 1.54) is 10.5 Å². The Kier molecular flexibility index (Phi) is 3.73. The number of hydrogen-bond acceptors (Lipinski definition) is 3. The van der Waals surface area contributed by atoms with E-state index in [1.807, 2.05) is 12.1 Å². The van der Waals surface area contributed by atoms with Gasteiger partial charge in [-0.05, 0) is 68.2 Å². The third-order valence-corrected chi connectivity index (χ3v) is 5.71. The van der Waals surface area contributed by atoms with E-state index in [9.17, 15) is 9.59 Å². The highest BCUT2D eigenvalue weighted by Crippen LogP contribution is 2.36. The van der Waals surface area contributed by atoms with E-state index >= 15 is 0 Å². The van der Waals surface area contributed by atoms with E-state index < -0.39 is 0 Å². The molecule has 2 aliphatic heterocycles. The van der Waals surface area contributed by atoms with Crippen molar-refractivity contribution in [3.63, 3.8) is 0 Å². The number of likely N-dealkylation sites (tertiary alicyclic amines) is 1. The smallest absolute Gasteiger partial charge is 0.266 e. The quantitative estimate of drug-likeness (QED) is 0.790. The van der Waals surface area contributed by atoms with Gasteiger partial charge in [-0.2, -0.15) is 0 Å². The van der Waals surface area contributed by atoms with Crippen molar-refractivity contribution in [2.45, 2.75) is 25.2 Å². The van der Waals surface area contributed by atoms with Gasteiger partial charge in [0.2, 0.25) is 0 Å². The molecule has 4 nitrogen and oxygen atoms in total. The zero-order chi connectivity index (χ0) is 17.6. The highest BCUT2D eigenvalue weighted by atomic mass is 16.2. The minimum absolute atomic E-state index is 0.160. The number of piperidine rings is 1. The van der Waals surface area contributed by atoms with Gasteiger partial charge in [0.1, 0.15) is 0 Å². The first-order valence-corrected chi connectivity index (χ1v) is 8.76. The van der Waals surface area contributed by atoms with Gasteiger partial charge in [0.05, 0.1) is 16.8 Å². The Morgan fingerprint density at radius 2 is 1.36 bits per heavy atom. The fraction of sp³-hybridized carbons (Fsp3) is 0.333. The van der Waals surface area contributed by atoms with Crippen molar-refractivity contribution in [3.8, 4) is 0 Å². The normalized spacial score (nSPS) is 20.0. The van der Waals surface area contributed by atoms with Gasteiger partial charge in [-0.1, -0.05) is 31.2 Å². The van der Waals surface area contributed by atoms with Gasteiger partial charge < -0.3 is 4.90 Å². The molecule has 2 aromatic rings. The predicted octanol–water partition coefficient (Wildman–Crippen LogP) is 3.47. The van der Waals surface area contributed by atoms with Crippen LogP contribution in [-0.4, -0.2) is 36.9 Å². The molecule has 2 heterocycles. The van der Waals surface area contributed by atoms with E-state index in [0.29, 0.717) is 16.8 Å². The molecule has 0 unspecified atom stereocenters. The summed E-state index contributed by atoms with van der Waals surface area (Å²) in [5.41, 5.74) is 3.05. The molecule has 0 spiro atoms. The largest absolute Gasteiger partial charge is 0.306 e. The molecule has 0 N–H and O–H groups in total. The molecule has 0 atom stereocenters. The Bertz CT molecular complexity index is 798. The van der Waals surface area contributed by atoms with Gasteiger partial charge >= 0.3 is 0 Å². The van der Waals surface area contributed by atoms with Crippen LogP contribution >= 0.6 is 0 Å². The predicted molar refractivity (Wildman–Crippen MR) is 98.1 cm³/mol. The van der Waals surface area contributed by atoms with Crippen LogP contribution in [0.25, 0.3) is 0 Å². The van der Waals surface area contributed by atoms with E-state index in [-0.39, 0.29) is 17.2 Å². The molecular formula is C21H22N2O2. The first kappa shape index (κ1) is 16.0. The van der Waals surface area contributed by atoms with Crippen molar-refractivity contribution in [2.24, 2.45) is 0 Å². The lowest BCUT2D eigenvalue weighted by Crippen LogP contribution is -2.38. The number of hydrogen-bond donors (Lipinski definition) is 0. The third-order valence-electron chi connectivity index (χ3n) is 5.71.